The van der Waals surface area contributed by atoms with E-state index in [1.807, 2.05) is 49.4 Å². The lowest BCUT2D eigenvalue weighted by Gasteiger charge is -2.08. The number of hydrogen-bond donors (Lipinski definition) is 2. The maximum Gasteiger partial charge on any atom is 0.255 e. The third-order valence-electron chi connectivity index (χ3n) is 3.92. The quantitative estimate of drug-likeness (QED) is 0.703. The molecule has 0 aliphatic rings. The lowest BCUT2D eigenvalue weighted by atomic mass is 10.1. The summed E-state index contributed by atoms with van der Waals surface area (Å²) in [4.78, 5) is 24.0. The summed E-state index contributed by atoms with van der Waals surface area (Å²) in [6.07, 6.45) is 1.31. The van der Waals surface area contributed by atoms with E-state index in [1.54, 1.807) is 24.3 Å². The fraction of sp³-hybridized carbons (Fsp3) is 0.143. The Morgan fingerprint density at radius 1 is 0.800 bits per heavy atom. The van der Waals surface area contributed by atoms with Crippen molar-refractivity contribution in [2.24, 2.45) is 0 Å². The van der Waals surface area contributed by atoms with Gasteiger partial charge in [-0.3, -0.25) is 9.59 Å². The largest absolute Gasteiger partial charge is 0.326 e. The second-order valence-electron chi connectivity index (χ2n) is 5.89. The highest BCUT2D eigenvalue weighted by molar-refractivity contribution is 6.06. The van der Waals surface area contributed by atoms with E-state index in [0.717, 1.165) is 22.9 Å². The molecule has 0 bridgehead atoms. The molecule has 3 rings (SSSR count). The molecule has 0 fully saturated rings. The molecule has 0 aliphatic carbocycles. The molecule has 0 saturated carbocycles. The van der Waals surface area contributed by atoms with Crippen LogP contribution in [0.15, 0.2) is 66.7 Å². The van der Waals surface area contributed by atoms with E-state index >= 15 is 0 Å². The number of carbonyl (C=O) groups excluding carboxylic acids is 2. The van der Waals surface area contributed by atoms with Crippen LogP contribution in [0, 0.1) is 0 Å². The summed E-state index contributed by atoms with van der Waals surface area (Å²) in [5.41, 5.74) is 2.02. The van der Waals surface area contributed by atoms with E-state index in [2.05, 4.69) is 10.6 Å². The van der Waals surface area contributed by atoms with E-state index in [0.29, 0.717) is 17.7 Å². The van der Waals surface area contributed by atoms with Gasteiger partial charge in [-0.2, -0.15) is 0 Å². The first-order chi connectivity index (χ1) is 12.2. The van der Waals surface area contributed by atoms with Gasteiger partial charge in [0.15, 0.2) is 0 Å². The average molecular weight is 332 g/mol. The van der Waals surface area contributed by atoms with E-state index in [9.17, 15) is 9.59 Å². The molecule has 0 saturated heterocycles. The van der Waals surface area contributed by atoms with Crippen molar-refractivity contribution in [2.75, 3.05) is 10.6 Å². The SMILES string of the molecule is CCCC(=O)Nc1ccc(NC(=O)c2ccc3ccccc3c2)cc1. The van der Waals surface area contributed by atoms with Crippen LogP contribution in [-0.4, -0.2) is 11.8 Å². The number of rotatable bonds is 5. The van der Waals surface area contributed by atoms with Crippen molar-refractivity contribution in [1.29, 1.82) is 0 Å². The molecule has 3 aromatic rings. The summed E-state index contributed by atoms with van der Waals surface area (Å²) in [6.45, 7) is 1.96. The van der Waals surface area contributed by atoms with Gasteiger partial charge in [-0.25, -0.2) is 0 Å². The molecule has 0 unspecified atom stereocenters. The number of benzene rings is 3. The molecule has 0 spiro atoms. The molecule has 0 aliphatic heterocycles. The molecule has 25 heavy (non-hydrogen) atoms. The van der Waals surface area contributed by atoms with Crippen LogP contribution >= 0.6 is 0 Å². The summed E-state index contributed by atoms with van der Waals surface area (Å²) in [6, 6.07) is 20.7. The van der Waals surface area contributed by atoms with Crippen LogP contribution in [-0.2, 0) is 4.79 Å². The minimum Gasteiger partial charge on any atom is -0.326 e. The van der Waals surface area contributed by atoms with Crippen molar-refractivity contribution in [3.63, 3.8) is 0 Å². The third kappa shape index (κ3) is 4.23. The van der Waals surface area contributed by atoms with Crippen LogP contribution in [0.5, 0.6) is 0 Å². The lowest BCUT2D eigenvalue weighted by Crippen LogP contribution is -2.12. The molecule has 0 radical (unpaired) electrons. The predicted octanol–water partition coefficient (Wildman–Crippen LogP) is 4.83. The van der Waals surface area contributed by atoms with E-state index < -0.39 is 0 Å². The zero-order valence-electron chi connectivity index (χ0n) is 14.1. The minimum atomic E-state index is -0.159. The Labute approximate surface area is 146 Å². The Balaban J connectivity index is 1.68. The Morgan fingerprint density at radius 3 is 2.12 bits per heavy atom. The van der Waals surface area contributed by atoms with E-state index in [1.165, 1.54) is 0 Å². The zero-order chi connectivity index (χ0) is 17.6. The van der Waals surface area contributed by atoms with E-state index in [4.69, 9.17) is 0 Å². The number of anilines is 2. The van der Waals surface area contributed by atoms with Crippen molar-refractivity contribution in [2.45, 2.75) is 19.8 Å². The molecule has 2 N–H and O–H groups in total. The van der Waals surface area contributed by atoms with Gasteiger partial charge in [0.1, 0.15) is 0 Å². The predicted molar refractivity (Wildman–Crippen MR) is 102 cm³/mol. The van der Waals surface area contributed by atoms with Crippen LogP contribution in [0.25, 0.3) is 10.8 Å². The van der Waals surface area contributed by atoms with Crippen LogP contribution in [0.4, 0.5) is 11.4 Å². The number of nitrogens with one attached hydrogen (secondary N) is 2. The Bertz CT molecular complexity index is 901. The number of carbonyl (C=O) groups is 2. The second kappa shape index (κ2) is 7.62. The minimum absolute atomic E-state index is 0.00421. The van der Waals surface area contributed by atoms with Crippen LogP contribution < -0.4 is 10.6 Å². The van der Waals surface area contributed by atoms with Gasteiger partial charge in [0.25, 0.3) is 5.91 Å². The van der Waals surface area contributed by atoms with Crippen molar-refractivity contribution in [3.05, 3.63) is 72.3 Å². The zero-order valence-corrected chi connectivity index (χ0v) is 14.1. The first-order valence-corrected chi connectivity index (χ1v) is 8.36. The molecular weight excluding hydrogens is 312 g/mol. The molecule has 4 nitrogen and oxygen atoms in total. The highest BCUT2D eigenvalue weighted by Gasteiger charge is 2.07. The van der Waals surface area contributed by atoms with Gasteiger partial charge in [-0.15, -0.1) is 0 Å². The van der Waals surface area contributed by atoms with Crippen LogP contribution in [0.3, 0.4) is 0 Å². The van der Waals surface area contributed by atoms with Gasteiger partial charge in [-0.05, 0) is 53.6 Å². The summed E-state index contributed by atoms with van der Waals surface area (Å²) in [5, 5.41) is 7.84. The summed E-state index contributed by atoms with van der Waals surface area (Å²) in [5.74, 6) is -0.163. The molecule has 0 atom stereocenters. The third-order valence-corrected chi connectivity index (χ3v) is 3.92. The highest BCUT2D eigenvalue weighted by Crippen LogP contribution is 2.18. The molecule has 0 aromatic heterocycles. The molecule has 0 heterocycles. The standard InChI is InChI=1S/C21H20N2O2/c1-2-5-20(24)22-18-10-12-19(13-11-18)23-21(25)17-9-8-15-6-3-4-7-16(15)14-17/h3-4,6-14H,2,5H2,1H3,(H,22,24)(H,23,25). The van der Waals surface area contributed by atoms with Crippen molar-refractivity contribution >= 4 is 34.0 Å². The van der Waals surface area contributed by atoms with Crippen LogP contribution in [0.2, 0.25) is 0 Å². The van der Waals surface area contributed by atoms with Gasteiger partial charge in [-0.1, -0.05) is 37.3 Å². The summed E-state index contributed by atoms with van der Waals surface area (Å²) >= 11 is 0. The monoisotopic (exact) mass is 332 g/mol. The van der Waals surface area contributed by atoms with Gasteiger partial charge in [0, 0.05) is 23.4 Å². The maximum atomic E-state index is 12.4. The molecule has 126 valence electrons. The summed E-state index contributed by atoms with van der Waals surface area (Å²) in [7, 11) is 0. The van der Waals surface area contributed by atoms with Gasteiger partial charge in [0.05, 0.1) is 0 Å². The highest BCUT2D eigenvalue weighted by atomic mass is 16.2. The summed E-state index contributed by atoms with van der Waals surface area (Å²) < 4.78 is 0. The van der Waals surface area contributed by atoms with Crippen molar-refractivity contribution < 1.29 is 9.59 Å². The maximum absolute atomic E-state index is 12.4. The normalized spacial score (nSPS) is 10.4. The Hall–Kier alpha value is -3.14. The first kappa shape index (κ1) is 16.7. The number of fused-ring (bicyclic) bond motifs is 1. The van der Waals surface area contributed by atoms with Gasteiger partial charge < -0.3 is 10.6 Å². The molecule has 4 heteroatoms. The fourth-order valence-corrected chi connectivity index (χ4v) is 2.62. The fourth-order valence-electron chi connectivity index (χ4n) is 2.62. The molecular formula is C21H20N2O2. The first-order valence-electron chi connectivity index (χ1n) is 8.36. The Morgan fingerprint density at radius 2 is 1.44 bits per heavy atom. The lowest BCUT2D eigenvalue weighted by molar-refractivity contribution is -0.116. The smallest absolute Gasteiger partial charge is 0.255 e. The molecule has 3 aromatic carbocycles. The second-order valence-corrected chi connectivity index (χ2v) is 5.89. The van der Waals surface area contributed by atoms with Crippen molar-refractivity contribution in [1.82, 2.24) is 0 Å². The molecule has 2 amide bonds. The number of amides is 2. The van der Waals surface area contributed by atoms with Gasteiger partial charge in [0.2, 0.25) is 5.91 Å². The Kier molecular flexibility index (Phi) is 5.09. The van der Waals surface area contributed by atoms with Gasteiger partial charge >= 0.3 is 0 Å². The van der Waals surface area contributed by atoms with Crippen LogP contribution in [0.1, 0.15) is 30.1 Å². The average Bonchev–Trinajstić information content (AvgIpc) is 2.63. The number of hydrogen-bond acceptors (Lipinski definition) is 2. The topological polar surface area (TPSA) is 58.2 Å². The van der Waals surface area contributed by atoms with Crippen molar-refractivity contribution in [3.8, 4) is 0 Å². The van der Waals surface area contributed by atoms with E-state index in [-0.39, 0.29) is 11.8 Å².